The molecule has 2 aromatic rings. The van der Waals surface area contributed by atoms with Crippen LogP contribution in [0.3, 0.4) is 0 Å². The lowest BCUT2D eigenvalue weighted by molar-refractivity contribution is -0.150. The van der Waals surface area contributed by atoms with Gasteiger partial charge in [-0.2, -0.15) is 13.2 Å². The minimum absolute atomic E-state index is 0.203. The Morgan fingerprint density at radius 3 is 2.77 bits per heavy atom. The summed E-state index contributed by atoms with van der Waals surface area (Å²) in [5, 5.41) is 1.40. The van der Waals surface area contributed by atoms with Gasteiger partial charge >= 0.3 is 6.18 Å². The molecule has 26 heavy (non-hydrogen) atoms. The van der Waals surface area contributed by atoms with Gasteiger partial charge in [0.1, 0.15) is 11.4 Å². The number of halogens is 3. The zero-order chi connectivity index (χ0) is 17.9. The Hall–Kier alpha value is -1.64. The second-order valence-corrected chi connectivity index (χ2v) is 8.29. The molecule has 0 amide bonds. The van der Waals surface area contributed by atoms with Crippen LogP contribution in [0.25, 0.3) is 10.1 Å². The fourth-order valence-corrected chi connectivity index (χ4v) is 5.48. The Bertz CT molecular complexity index is 885. The highest BCUT2D eigenvalue weighted by atomic mass is 32.1. The molecule has 1 aromatic carbocycles. The normalized spacial score (nSPS) is 32.7. The van der Waals surface area contributed by atoms with Crippen LogP contribution < -0.4 is 5.48 Å². The molecule has 1 spiro atoms. The standard InChI is InChI=1S/C18H18F3N3OS/c19-18(20,21)14-9-26-15-7-12(1-2-13(14)15)22-16-8-17(25-23-16)10-24-5-3-11(17)4-6-24/h1-2,7,9,11H,3-6,8,10H2,(H,22,23). The summed E-state index contributed by atoms with van der Waals surface area (Å²) in [5.41, 5.74) is 2.84. The highest BCUT2D eigenvalue weighted by molar-refractivity contribution is 7.17. The van der Waals surface area contributed by atoms with Crippen molar-refractivity contribution in [3.05, 3.63) is 29.1 Å². The van der Waals surface area contributed by atoms with Gasteiger partial charge in [0.2, 0.25) is 0 Å². The van der Waals surface area contributed by atoms with E-state index in [0.29, 0.717) is 16.3 Å². The maximum Gasteiger partial charge on any atom is 0.417 e. The second-order valence-electron chi connectivity index (χ2n) is 7.38. The van der Waals surface area contributed by atoms with Gasteiger partial charge in [0.05, 0.1) is 11.3 Å². The Labute approximate surface area is 152 Å². The van der Waals surface area contributed by atoms with E-state index in [2.05, 4.69) is 15.4 Å². The molecule has 2 bridgehead atoms. The summed E-state index contributed by atoms with van der Waals surface area (Å²) in [7, 11) is 0. The first-order valence-electron chi connectivity index (χ1n) is 8.75. The van der Waals surface area contributed by atoms with Crippen LogP contribution in [-0.2, 0) is 11.0 Å². The number of nitrogens with one attached hydrogen (secondary N) is 1. The van der Waals surface area contributed by atoms with Crippen LogP contribution in [0.4, 0.5) is 18.9 Å². The number of hydroxylamine groups is 1. The van der Waals surface area contributed by atoms with Crippen LogP contribution >= 0.6 is 11.3 Å². The quantitative estimate of drug-likeness (QED) is 0.798. The summed E-state index contributed by atoms with van der Waals surface area (Å²) >= 11 is 1.10. The van der Waals surface area contributed by atoms with Gasteiger partial charge in [-0.05, 0) is 44.0 Å². The third-order valence-corrected chi connectivity index (χ3v) is 6.74. The van der Waals surface area contributed by atoms with Crippen LogP contribution in [0, 0.1) is 5.92 Å². The molecule has 4 aliphatic rings. The van der Waals surface area contributed by atoms with Gasteiger partial charge < -0.3 is 4.90 Å². The predicted octanol–water partition coefficient (Wildman–Crippen LogP) is 4.34. The van der Waals surface area contributed by atoms with Gasteiger partial charge in [-0.3, -0.25) is 10.3 Å². The smallest absolute Gasteiger partial charge is 0.300 e. The molecule has 1 atom stereocenters. The average Bonchev–Trinajstić information content (AvgIpc) is 3.20. The number of hydrogen-bond acceptors (Lipinski definition) is 4. The zero-order valence-electron chi connectivity index (χ0n) is 14.0. The Morgan fingerprint density at radius 2 is 2.08 bits per heavy atom. The number of amidine groups is 1. The SMILES string of the molecule is FC(F)(F)c1csc2cc(N=C3CC4(CN5CCC4CC5)ON3)ccc12. The molecule has 0 radical (unpaired) electrons. The molecule has 1 unspecified atom stereocenters. The van der Waals surface area contributed by atoms with Gasteiger partial charge in [0.15, 0.2) is 0 Å². The van der Waals surface area contributed by atoms with Crippen molar-refractivity contribution < 1.29 is 18.0 Å². The van der Waals surface area contributed by atoms with Gasteiger partial charge in [-0.25, -0.2) is 4.99 Å². The molecular formula is C18H18F3N3OS. The number of fused-ring (bicyclic) bond motifs is 3. The first-order valence-corrected chi connectivity index (χ1v) is 9.63. The molecule has 0 saturated carbocycles. The lowest BCUT2D eigenvalue weighted by atomic mass is 9.74. The number of rotatable bonds is 1. The van der Waals surface area contributed by atoms with Crippen molar-refractivity contribution in [2.45, 2.75) is 31.0 Å². The average molecular weight is 381 g/mol. The Kier molecular flexibility index (Phi) is 3.61. The number of piperidine rings is 3. The molecule has 6 rings (SSSR count). The molecule has 4 fully saturated rings. The summed E-state index contributed by atoms with van der Waals surface area (Å²) in [6.45, 7) is 3.19. The van der Waals surface area contributed by atoms with Gasteiger partial charge in [-0.15, -0.1) is 11.3 Å². The molecule has 0 aliphatic carbocycles. The molecule has 5 heterocycles. The monoisotopic (exact) mass is 381 g/mol. The van der Waals surface area contributed by atoms with E-state index in [1.165, 1.54) is 11.4 Å². The lowest BCUT2D eigenvalue weighted by Gasteiger charge is -2.49. The summed E-state index contributed by atoms with van der Waals surface area (Å²) in [5.74, 6) is 1.30. The van der Waals surface area contributed by atoms with E-state index in [4.69, 9.17) is 4.84 Å². The van der Waals surface area contributed by atoms with Crippen molar-refractivity contribution in [1.82, 2.24) is 10.4 Å². The van der Waals surface area contributed by atoms with Crippen LogP contribution in [0.1, 0.15) is 24.8 Å². The number of aliphatic imine (C=N–C) groups is 1. The van der Waals surface area contributed by atoms with E-state index >= 15 is 0 Å². The molecule has 138 valence electrons. The largest absolute Gasteiger partial charge is 0.417 e. The molecule has 8 heteroatoms. The number of nitrogens with zero attached hydrogens (tertiary/aromatic N) is 2. The van der Waals surface area contributed by atoms with Gasteiger partial charge in [0, 0.05) is 28.4 Å². The number of thiophene rings is 1. The number of benzene rings is 1. The van der Waals surface area contributed by atoms with E-state index in [-0.39, 0.29) is 11.0 Å². The van der Waals surface area contributed by atoms with Gasteiger partial charge in [0.25, 0.3) is 0 Å². The molecule has 4 nitrogen and oxygen atoms in total. The van der Waals surface area contributed by atoms with Crippen molar-refractivity contribution in [3.63, 3.8) is 0 Å². The number of alkyl halides is 3. The van der Waals surface area contributed by atoms with Crippen molar-refractivity contribution in [1.29, 1.82) is 0 Å². The minimum Gasteiger partial charge on any atom is -0.300 e. The number of hydrogen-bond donors (Lipinski definition) is 1. The van der Waals surface area contributed by atoms with Crippen molar-refractivity contribution in [2.24, 2.45) is 10.9 Å². The van der Waals surface area contributed by atoms with E-state index in [1.807, 2.05) is 0 Å². The van der Waals surface area contributed by atoms with E-state index in [1.54, 1.807) is 12.1 Å². The van der Waals surface area contributed by atoms with Crippen LogP contribution in [-0.4, -0.2) is 36.0 Å². The van der Waals surface area contributed by atoms with Crippen molar-refractivity contribution >= 4 is 32.9 Å². The third-order valence-electron chi connectivity index (χ3n) is 5.79. The van der Waals surface area contributed by atoms with Crippen LogP contribution in [0.15, 0.2) is 28.6 Å². The minimum atomic E-state index is -4.32. The van der Waals surface area contributed by atoms with E-state index in [0.717, 1.165) is 56.1 Å². The molecule has 4 saturated heterocycles. The molecule has 1 N–H and O–H groups in total. The molecule has 4 aliphatic heterocycles. The summed E-state index contributed by atoms with van der Waals surface area (Å²) in [6, 6.07) is 4.86. The highest BCUT2D eigenvalue weighted by Gasteiger charge is 2.52. The van der Waals surface area contributed by atoms with Crippen molar-refractivity contribution in [2.75, 3.05) is 19.6 Å². The highest BCUT2D eigenvalue weighted by Crippen LogP contribution is 2.43. The fraction of sp³-hybridized carbons (Fsp3) is 0.500. The summed E-state index contributed by atoms with van der Waals surface area (Å²) in [6.07, 6.45) is -1.30. The van der Waals surface area contributed by atoms with Crippen LogP contribution in [0.5, 0.6) is 0 Å². The van der Waals surface area contributed by atoms with E-state index in [9.17, 15) is 13.2 Å². The summed E-state index contributed by atoms with van der Waals surface area (Å²) < 4.78 is 39.6. The lowest BCUT2D eigenvalue weighted by Crippen LogP contribution is -2.59. The topological polar surface area (TPSA) is 36.9 Å². The Balaban J connectivity index is 1.41. The third kappa shape index (κ3) is 2.62. The van der Waals surface area contributed by atoms with Gasteiger partial charge in [-0.1, -0.05) is 6.07 Å². The summed E-state index contributed by atoms with van der Waals surface area (Å²) in [4.78, 5) is 13.0. The molecular weight excluding hydrogens is 363 g/mol. The second kappa shape index (κ2) is 5.68. The maximum absolute atomic E-state index is 13.0. The maximum atomic E-state index is 13.0. The Morgan fingerprint density at radius 1 is 1.27 bits per heavy atom. The fourth-order valence-electron chi connectivity index (χ4n) is 4.48. The van der Waals surface area contributed by atoms with Crippen LogP contribution in [0.2, 0.25) is 0 Å². The molecule has 1 aromatic heterocycles. The van der Waals surface area contributed by atoms with Crippen molar-refractivity contribution in [3.8, 4) is 0 Å². The van der Waals surface area contributed by atoms with E-state index < -0.39 is 11.7 Å². The predicted molar refractivity (Wildman–Crippen MR) is 94.7 cm³/mol. The first-order chi connectivity index (χ1) is 12.4. The zero-order valence-corrected chi connectivity index (χ0v) is 14.8. The first kappa shape index (κ1) is 16.5.